The number of benzene rings is 6. The molecule has 38 heavy (non-hydrogen) atoms. The van der Waals surface area contributed by atoms with E-state index in [0.717, 1.165) is 6.42 Å². The van der Waals surface area contributed by atoms with Gasteiger partial charge >= 0.3 is 0 Å². The summed E-state index contributed by atoms with van der Waals surface area (Å²) < 4.78 is 0. The molecule has 0 N–H and O–H groups in total. The Morgan fingerprint density at radius 2 is 1.03 bits per heavy atom. The van der Waals surface area contributed by atoms with Crippen molar-refractivity contribution in [3.63, 3.8) is 0 Å². The van der Waals surface area contributed by atoms with Crippen LogP contribution in [-0.2, 0) is 0 Å². The van der Waals surface area contributed by atoms with Crippen LogP contribution in [0.2, 0.25) is 0 Å². The Morgan fingerprint density at radius 3 is 1.66 bits per heavy atom. The fourth-order valence-corrected chi connectivity index (χ4v) is 6.37. The van der Waals surface area contributed by atoms with Crippen LogP contribution in [0.3, 0.4) is 0 Å². The molecule has 0 amide bonds. The molecule has 0 fully saturated rings. The molecule has 0 saturated heterocycles. The van der Waals surface area contributed by atoms with Gasteiger partial charge in [-0.3, -0.25) is 0 Å². The molecule has 0 bridgehead atoms. The van der Waals surface area contributed by atoms with E-state index < -0.39 is 0 Å². The average Bonchev–Trinajstić information content (AvgIpc) is 2.99. The van der Waals surface area contributed by atoms with Crippen LogP contribution >= 0.6 is 0 Å². The average molecular weight is 487 g/mol. The van der Waals surface area contributed by atoms with Crippen LogP contribution in [0.15, 0.2) is 140 Å². The lowest BCUT2D eigenvalue weighted by molar-refractivity contribution is 0.559. The zero-order valence-electron chi connectivity index (χ0n) is 21.6. The Labute approximate surface area is 224 Å². The van der Waals surface area contributed by atoms with Crippen LogP contribution in [0.25, 0.3) is 54.6 Å². The minimum atomic E-state index is 0.447. The minimum absolute atomic E-state index is 0.447. The van der Waals surface area contributed by atoms with Crippen molar-refractivity contribution < 1.29 is 0 Å². The first-order chi connectivity index (χ1) is 18.8. The number of hydrogen-bond acceptors (Lipinski definition) is 0. The molecule has 2 unspecified atom stereocenters. The molecule has 0 aromatic heterocycles. The first kappa shape index (κ1) is 22.8. The molecule has 182 valence electrons. The first-order valence-corrected chi connectivity index (χ1v) is 13.7. The van der Waals surface area contributed by atoms with Gasteiger partial charge in [0.05, 0.1) is 0 Å². The van der Waals surface area contributed by atoms with Gasteiger partial charge < -0.3 is 0 Å². The summed E-state index contributed by atoms with van der Waals surface area (Å²) in [7, 11) is 0. The first-order valence-electron chi connectivity index (χ1n) is 13.7. The number of allylic oxidation sites excluding steroid dienone is 4. The number of rotatable bonds is 4. The van der Waals surface area contributed by atoms with Crippen LogP contribution in [-0.4, -0.2) is 0 Å². The van der Waals surface area contributed by atoms with E-state index in [9.17, 15) is 0 Å². The smallest absolute Gasteiger partial charge is 0.00839 e. The van der Waals surface area contributed by atoms with Crippen molar-refractivity contribution in [1.29, 1.82) is 0 Å². The minimum Gasteiger partial charge on any atom is -0.0805 e. The molecule has 0 aliphatic heterocycles. The lowest BCUT2D eigenvalue weighted by Gasteiger charge is -2.24. The molecular weight excluding hydrogens is 456 g/mol. The molecule has 0 heteroatoms. The third kappa shape index (κ3) is 3.76. The van der Waals surface area contributed by atoms with E-state index in [4.69, 9.17) is 0 Å². The largest absolute Gasteiger partial charge is 0.0805 e. The fourth-order valence-electron chi connectivity index (χ4n) is 6.37. The second-order valence-corrected chi connectivity index (χ2v) is 10.4. The molecule has 1 aliphatic rings. The monoisotopic (exact) mass is 486 g/mol. The van der Waals surface area contributed by atoms with Crippen molar-refractivity contribution in [1.82, 2.24) is 0 Å². The van der Waals surface area contributed by atoms with Crippen molar-refractivity contribution in [3.05, 3.63) is 145 Å². The molecule has 0 nitrogen and oxygen atoms in total. The molecule has 1 aliphatic carbocycles. The summed E-state index contributed by atoms with van der Waals surface area (Å²) in [6.45, 7) is 2.28. The van der Waals surface area contributed by atoms with E-state index in [1.54, 1.807) is 0 Å². The van der Waals surface area contributed by atoms with Gasteiger partial charge in [-0.25, -0.2) is 0 Å². The Bertz CT molecular complexity index is 1790. The van der Waals surface area contributed by atoms with E-state index in [1.807, 2.05) is 0 Å². The van der Waals surface area contributed by atoms with Gasteiger partial charge in [-0.05, 0) is 78.5 Å². The van der Waals surface area contributed by atoms with Crippen molar-refractivity contribution in [2.75, 3.05) is 0 Å². The third-order valence-electron chi connectivity index (χ3n) is 8.27. The van der Waals surface area contributed by atoms with Crippen molar-refractivity contribution in [3.8, 4) is 22.3 Å². The second-order valence-electron chi connectivity index (χ2n) is 10.4. The fraction of sp³-hybridized carbons (Fsp3) is 0.105. The van der Waals surface area contributed by atoms with Crippen LogP contribution in [0, 0.1) is 5.92 Å². The van der Waals surface area contributed by atoms with E-state index >= 15 is 0 Å². The summed E-state index contributed by atoms with van der Waals surface area (Å²) in [5, 5.41) is 7.74. The van der Waals surface area contributed by atoms with Gasteiger partial charge in [0.1, 0.15) is 0 Å². The Hall–Kier alpha value is -4.42. The van der Waals surface area contributed by atoms with Crippen molar-refractivity contribution in [2.24, 2.45) is 5.92 Å². The highest BCUT2D eigenvalue weighted by Gasteiger charge is 2.20. The van der Waals surface area contributed by atoms with Gasteiger partial charge in [0, 0.05) is 5.92 Å². The highest BCUT2D eigenvalue weighted by Crippen LogP contribution is 2.44. The maximum absolute atomic E-state index is 2.35. The standard InChI is InChI=1S/C38H30/c1-2-26-11-5-6-14-32(26)28-20-22-29(23-21-28)37-33-15-7-9-17-35(33)38(36-18-10-8-16-34(36)37)31-24-19-27-12-3-4-13-30(27)25-31/h3-26,32H,2H2,1H3. The molecule has 0 saturated carbocycles. The summed E-state index contributed by atoms with van der Waals surface area (Å²) in [6.07, 6.45) is 10.2. The Kier molecular flexibility index (Phi) is 5.67. The van der Waals surface area contributed by atoms with E-state index in [2.05, 4.69) is 146 Å². The summed E-state index contributed by atoms with van der Waals surface area (Å²) >= 11 is 0. The maximum atomic E-state index is 2.35. The molecular formula is C38H30. The van der Waals surface area contributed by atoms with Crippen LogP contribution in [0.1, 0.15) is 24.8 Å². The molecule has 0 radical (unpaired) electrons. The number of fused-ring (bicyclic) bond motifs is 3. The molecule has 6 aromatic rings. The normalized spacial score (nSPS) is 17.0. The SMILES string of the molecule is CCC1C=CC=CC1c1ccc(-c2c3ccccc3c(-c3ccc4ccccc4c3)c3ccccc23)cc1. The zero-order chi connectivity index (χ0) is 25.5. The van der Waals surface area contributed by atoms with Crippen molar-refractivity contribution in [2.45, 2.75) is 19.3 Å². The van der Waals surface area contributed by atoms with Gasteiger partial charge in [0.25, 0.3) is 0 Å². The third-order valence-corrected chi connectivity index (χ3v) is 8.27. The molecule has 7 rings (SSSR count). The second kappa shape index (κ2) is 9.47. The van der Waals surface area contributed by atoms with Gasteiger partial charge in [-0.2, -0.15) is 0 Å². The summed E-state index contributed by atoms with van der Waals surface area (Å²) in [5.41, 5.74) is 6.56. The molecule has 0 spiro atoms. The molecule has 0 heterocycles. The van der Waals surface area contributed by atoms with Crippen LogP contribution in [0.4, 0.5) is 0 Å². The number of hydrogen-bond donors (Lipinski definition) is 0. The summed E-state index contributed by atoms with van der Waals surface area (Å²) in [6, 6.07) is 42.7. The predicted molar refractivity (Wildman–Crippen MR) is 165 cm³/mol. The maximum Gasteiger partial charge on any atom is 0.00839 e. The lowest BCUT2D eigenvalue weighted by atomic mass is 9.80. The van der Waals surface area contributed by atoms with Crippen LogP contribution in [0.5, 0.6) is 0 Å². The quantitative estimate of drug-likeness (QED) is 0.217. The zero-order valence-corrected chi connectivity index (χ0v) is 21.6. The van der Waals surface area contributed by atoms with Gasteiger partial charge in [0.2, 0.25) is 0 Å². The van der Waals surface area contributed by atoms with E-state index in [0.29, 0.717) is 11.8 Å². The van der Waals surface area contributed by atoms with Gasteiger partial charge in [-0.15, -0.1) is 0 Å². The summed E-state index contributed by atoms with van der Waals surface area (Å²) in [4.78, 5) is 0. The highest BCUT2D eigenvalue weighted by atomic mass is 14.2. The van der Waals surface area contributed by atoms with E-state index in [1.165, 1.54) is 60.1 Å². The lowest BCUT2D eigenvalue weighted by Crippen LogP contribution is -2.09. The Balaban J connectivity index is 1.45. The van der Waals surface area contributed by atoms with Gasteiger partial charge in [-0.1, -0.05) is 140 Å². The van der Waals surface area contributed by atoms with Crippen molar-refractivity contribution >= 4 is 32.3 Å². The summed E-state index contributed by atoms with van der Waals surface area (Å²) in [5.74, 6) is 1.01. The molecule has 6 aromatic carbocycles. The van der Waals surface area contributed by atoms with E-state index in [-0.39, 0.29) is 0 Å². The topological polar surface area (TPSA) is 0 Å². The van der Waals surface area contributed by atoms with Gasteiger partial charge in [0.15, 0.2) is 0 Å². The Morgan fingerprint density at radius 1 is 0.500 bits per heavy atom. The highest BCUT2D eigenvalue weighted by molar-refractivity contribution is 6.21. The molecule has 2 atom stereocenters. The predicted octanol–water partition coefficient (Wildman–Crippen LogP) is 10.7. The van der Waals surface area contributed by atoms with Crippen LogP contribution < -0.4 is 0 Å².